The lowest BCUT2D eigenvalue weighted by atomic mass is 9.99. The molecule has 170 valence electrons. The van der Waals surface area contributed by atoms with Gasteiger partial charge >= 0.3 is 0 Å². The standard InChI is InChI=1S/C24H23Cl2FN6/c25-17-7-3-8-18(26)21(17)23-31-20-13-30-24(29-12-16-6-1-2-9-19(16)27)32-22(20)33(23)14-15-5-4-10-28-11-15/h1-3,6-9,13,15,28H,4-5,10-12,14H2,(H,29,30,32). The highest BCUT2D eigenvalue weighted by atomic mass is 35.5. The number of rotatable bonds is 6. The Morgan fingerprint density at radius 3 is 2.67 bits per heavy atom. The minimum Gasteiger partial charge on any atom is -0.350 e. The zero-order chi connectivity index (χ0) is 22.8. The number of aromatic nitrogens is 4. The van der Waals surface area contributed by atoms with Gasteiger partial charge in [0.2, 0.25) is 5.95 Å². The summed E-state index contributed by atoms with van der Waals surface area (Å²) in [5, 5.41) is 7.66. The highest BCUT2D eigenvalue weighted by Gasteiger charge is 2.23. The maximum atomic E-state index is 14.0. The van der Waals surface area contributed by atoms with Gasteiger partial charge in [0.15, 0.2) is 5.65 Å². The number of nitrogens with zero attached hydrogens (tertiary/aromatic N) is 4. The number of fused-ring (bicyclic) bond motifs is 1. The smallest absolute Gasteiger partial charge is 0.225 e. The van der Waals surface area contributed by atoms with Crippen molar-refractivity contribution in [1.82, 2.24) is 24.8 Å². The molecule has 0 bridgehead atoms. The topological polar surface area (TPSA) is 67.7 Å². The van der Waals surface area contributed by atoms with Gasteiger partial charge in [-0.05, 0) is 50.0 Å². The second-order valence-electron chi connectivity index (χ2n) is 8.20. The molecule has 2 aromatic heterocycles. The van der Waals surface area contributed by atoms with E-state index in [-0.39, 0.29) is 12.4 Å². The van der Waals surface area contributed by atoms with Crippen molar-refractivity contribution < 1.29 is 4.39 Å². The van der Waals surface area contributed by atoms with Gasteiger partial charge in [0, 0.05) is 18.7 Å². The number of hydrogen-bond acceptors (Lipinski definition) is 5. The third-order valence-corrected chi connectivity index (χ3v) is 6.54. The van der Waals surface area contributed by atoms with Crippen LogP contribution in [-0.2, 0) is 13.1 Å². The van der Waals surface area contributed by atoms with Crippen LogP contribution in [0.3, 0.4) is 0 Å². The number of benzene rings is 2. The minimum absolute atomic E-state index is 0.267. The molecule has 0 radical (unpaired) electrons. The Bertz CT molecular complexity index is 1270. The molecule has 0 amide bonds. The van der Waals surface area contributed by atoms with E-state index in [0.717, 1.165) is 32.5 Å². The lowest BCUT2D eigenvalue weighted by molar-refractivity contribution is 0.341. The molecule has 6 nitrogen and oxygen atoms in total. The lowest BCUT2D eigenvalue weighted by Crippen LogP contribution is -2.32. The second-order valence-corrected chi connectivity index (χ2v) is 9.02. The molecular formula is C24H23Cl2FN6. The van der Waals surface area contributed by atoms with Gasteiger partial charge in [-0.15, -0.1) is 0 Å². The summed E-state index contributed by atoms with van der Waals surface area (Å²) >= 11 is 13.1. The van der Waals surface area contributed by atoms with Crippen LogP contribution in [0.2, 0.25) is 10.0 Å². The number of imidazole rings is 1. The van der Waals surface area contributed by atoms with Gasteiger partial charge in [-0.2, -0.15) is 4.98 Å². The molecule has 2 N–H and O–H groups in total. The number of anilines is 1. The quantitative estimate of drug-likeness (QED) is 0.375. The Kier molecular flexibility index (Phi) is 6.44. The molecule has 9 heteroatoms. The predicted octanol–water partition coefficient (Wildman–Crippen LogP) is 5.55. The third kappa shape index (κ3) is 4.67. The van der Waals surface area contributed by atoms with Crippen LogP contribution in [0.4, 0.5) is 10.3 Å². The third-order valence-electron chi connectivity index (χ3n) is 5.91. The zero-order valence-electron chi connectivity index (χ0n) is 17.9. The van der Waals surface area contributed by atoms with E-state index in [4.69, 9.17) is 33.2 Å². The molecule has 3 heterocycles. The first kappa shape index (κ1) is 22.1. The first-order valence-corrected chi connectivity index (χ1v) is 11.7. The normalized spacial score (nSPS) is 16.3. The Balaban J connectivity index is 1.55. The summed E-state index contributed by atoms with van der Waals surface area (Å²) in [5.41, 5.74) is 2.58. The summed E-state index contributed by atoms with van der Waals surface area (Å²) in [6.45, 7) is 2.97. The van der Waals surface area contributed by atoms with Gasteiger partial charge < -0.3 is 15.2 Å². The van der Waals surface area contributed by atoms with Crippen LogP contribution in [0.1, 0.15) is 18.4 Å². The number of piperidine rings is 1. The lowest BCUT2D eigenvalue weighted by Gasteiger charge is -2.24. The second kappa shape index (κ2) is 9.63. The van der Waals surface area contributed by atoms with Crippen LogP contribution in [0.15, 0.2) is 48.7 Å². The van der Waals surface area contributed by atoms with Crippen LogP contribution in [-0.4, -0.2) is 32.6 Å². The Labute approximate surface area is 201 Å². The van der Waals surface area contributed by atoms with E-state index in [9.17, 15) is 4.39 Å². The summed E-state index contributed by atoms with van der Waals surface area (Å²) in [4.78, 5) is 13.9. The molecule has 1 atom stereocenters. The predicted molar refractivity (Wildman–Crippen MR) is 130 cm³/mol. The molecule has 0 saturated carbocycles. The van der Waals surface area contributed by atoms with Crippen LogP contribution >= 0.6 is 23.2 Å². The van der Waals surface area contributed by atoms with Gasteiger partial charge in [0.25, 0.3) is 0 Å². The van der Waals surface area contributed by atoms with Crippen molar-refractivity contribution in [2.75, 3.05) is 18.4 Å². The minimum atomic E-state index is -0.267. The zero-order valence-corrected chi connectivity index (χ0v) is 19.4. The van der Waals surface area contributed by atoms with Crippen molar-refractivity contribution in [2.45, 2.75) is 25.9 Å². The van der Waals surface area contributed by atoms with Crippen molar-refractivity contribution in [1.29, 1.82) is 0 Å². The summed E-state index contributed by atoms with van der Waals surface area (Å²) in [7, 11) is 0. The van der Waals surface area contributed by atoms with Gasteiger partial charge in [-0.25, -0.2) is 14.4 Å². The molecule has 1 aliphatic heterocycles. The summed E-state index contributed by atoms with van der Waals surface area (Å²) in [6, 6.07) is 12.1. The fraction of sp³-hybridized carbons (Fsp3) is 0.292. The maximum Gasteiger partial charge on any atom is 0.225 e. The molecule has 4 aromatic rings. The molecular weight excluding hydrogens is 462 g/mol. The Hall–Kier alpha value is -2.74. The molecule has 0 spiro atoms. The van der Waals surface area contributed by atoms with Crippen LogP contribution in [0, 0.1) is 11.7 Å². The number of halogens is 3. The van der Waals surface area contributed by atoms with Crippen molar-refractivity contribution in [3.63, 3.8) is 0 Å². The number of nitrogens with one attached hydrogen (secondary N) is 2. The van der Waals surface area contributed by atoms with Gasteiger partial charge in [0.1, 0.15) is 17.2 Å². The Morgan fingerprint density at radius 2 is 1.91 bits per heavy atom. The fourth-order valence-corrected chi connectivity index (χ4v) is 4.80. The van der Waals surface area contributed by atoms with Crippen molar-refractivity contribution >= 4 is 40.3 Å². The maximum absolute atomic E-state index is 14.0. The first-order valence-electron chi connectivity index (χ1n) is 11.0. The van der Waals surface area contributed by atoms with Crippen molar-refractivity contribution in [3.05, 3.63) is 70.1 Å². The molecule has 33 heavy (non-hydrogen) atoms. The molecule has 5 rings (SSSR count). The van der Waals surface area contributed by atoms with Crippen LogP contribution in [0.5, 0.6) is 0 Å². The van der Waals surface area contributed by atoms with E-state index in [1.54, 1.807) is 24.4 Å². The summed E-state index contributed by atoms with van der Waals surface area (Å²) in [6.07, 6.45) is 3.92. The van der Waals surface area contributed by atoms with E-state index >= 15 is 0 Å². The van der Waals surface area contributed by atoms with E-state index < -0.39 is 0 Å². The highest BCUT2D eigenvalue weighted by molar-refractivity contribution is 6.39. The van der Waals surface area contributed by atoms with Crippen molar-refractivity contribution in [2.24, 2.45) is 5.92 Å². The molecule has 1 fully saturated rings. The largest absolute Gasteiger partial charge is 0.350 e. The summed E-state index contributed by atoms with van der Waals surface area (Å²) in [5.74, 6) is 1.25. The van der Waals surface area contributed by atoms with Gasteiger partial charge in [-0.1, -0.05) is 47.5 Å². The van der Waals surface area contributed by atoms with Gasteiger partial charge in [-0.3, -0.25) is 0 Å². The van der Waals surface area contributed by atoms with E-state index in [0.29, 0.717) is 50.0 Å². The van der Waals surface area contributed by atoms with E-state index in [2.05, 4.69) is 20.2 Å². The molecule has 2 aromatic carbocycles. The number of hydrogen-bond donors (Lipinski definition) is 2. The van der Waals surface area contributed by atoms with E-state index in [1.807, 2.05) is 18.2 Å². The monoisotopic (exact) mass is 484 g/mol. The highest BCUT2D eigenvalue weighted by Crippen LogP contribution is 2.36. The molecule has 0 aliphatic carbocycles. The SMILES string of the molecule is Fc1ccccc1CNc1ncc2nc(-c3c(Cl)cccc3Cl)n(CC3CCCNC3)c2n1. The summed E-state index contributed by atoms with van der Waals surface area (Å²) < 4.78 is 16.1. The fourth-order valence-electron chi connectivity index (χ4n) is 4.23. The molecule has 1 saturated heterocycles. The Morgan fingerprint density at radius 1 is 1.09 bits per heavy atom. The van der Waals surface area contributed by atoms with Crippen molar-refractivity contribution in [3.8, 4) is 11.4 Å². The van der Waals surface area contributed by atoms with Gasteiger partial charge in [0.05, 0.1) is 21.8 Å². The van der Waals surface area contributed by atoms with E-state index in [1.165, 1.54) is 6.07 Å². The molecule has 1 aliphatic rings. The first-order chi connectivity index (χ1) is 16.1. The average Bonchev–Trinajstić information content (AvgIpc) is 3.16. The van der Waals surface area contributed by atoms with Crippen LogP contribution in [0.25, 0.3) is 22.6 Å². The molecule has 1 unspecified atom stereocenters. The average molecular weight is 485 g/mol. The van der Waals surface area contributed by atoms with Crippen LogP contribution < -0.4 is 10.6 Å².